The lowest BCUT2D eigenvalue weighted by molar-refractivity contribution is 1.01. The maximum atomic E-state index is 6.08. The molecule has 0 radical (unpaired) electrons. The van der Waals surface area contributed by atoms with E-state index in [0.717, 1.165) is 61.0 Å². The molecule has 7 heteroatoms. The highest BCUT2D eigenvalue weighted by atomic mass is 35.5. The maximum Gasteiger partial charge on any atom is 0.235 e. The molecule has 0 saturated carbocycles. The number of fused-ring (bicyclic) bond motifs is 16. The van der Waals surface area contributed by atoms with E-state index < -0.39 is 0 Å². The van der Waals surface area contributed by atoms with Crippen LogP contribution in [0.2, 0.25) is 5.28 Å². The summed E-state index contributed by atoms with van der Waals surface area (Å²) >= 11 is 6.08. The van der Waals surface area contributed by atoms with Crippen molar-refractivity contribution in [3.05, 3.63) is 321 Å². The molecule has 88 heavy (non-hydrogen) atoms. The van der Waals surface area contributed by atoms with Gasteiger partial charge in [0.1, 0.15) is 11.3 Å². The predicted octanol–water partition coefficient (Wildman–Crippen LogP) is 21.6. The number of para-hydroxylation sites is 2. The molecule has 0 fully saturated rings. The molecule has 18 rings (SSSR count). The van der Waals surface area contributed by atoms with Crippen LogP contribution in [0, 0.1) is 13.5 Å². The van der Waals surface area contributed by atoms with Gasteiger partial charge in [0.15, 0.2) is 5.56 Å². The van der Waals surface area contributed by atoms with Crippen LogP contribution in [-0.4, -0.2) is 29.5 Å². The van der Waals surface area contributed by atoms with Crippen LogP contribution in [0.15, 0.2) is 291 Å². The van der Waals surface area contributed by atoms with E-state index in [2.05, 4.69) is 268 Å². The largest absolute Gasteiger partial charge is 0.358 e. The average Bonchev–Trinajstić information content (AvgIpc) is 1.68. The van der Waals surface area contributed by atoms with E-state index in [0.29, 0.717) is 5.95 Å². The van der Waals surface area contributed by atoms with Gasteiger partial charge in [-0.25, -0.2) is 19.9 Å². The quantitative estimate of drug-likeness (QED) is 0.138. The normalized spacial score (nSPS) is 11.5. The number of halogens is 1. The number of aromatic nitrogens is 6. The number of hydrogen-bond acceptors (Lipinski definition) is 4. The molecule has 0 aliphatic heterocycles. The van der Waals surface area contributed by atoms with Crippen molar-refractivity contribution in [1.29, 1.82) is 0 Å². The third-order valence-electron chi connectivity index (χ3n) is 16.7. The summed E-state index contributed by atoms with van der Waals surface area (Å²) in [5, 5.41) is 13.6. The number of nitrogens with one attached hydrogen (secondary N) is 1. The molecule has 0 bridgehead atoms. The van der Waals surface area contributed by atoms with Gasteiger partial charge in [-0.3, -0.25) is 4.57 Å². The summed E-state index contributed by atoms with van der Waals surface area (Å²) in [6.45, 7) is 0. The zero-order valence-corrected chi connectivity index (χ0v) is 48.7. The first-order valence-corrected chi connectivity index (χ1v) is 29.5. The monoisotopic (exact) mass is 1140 g/mol. The van der Waals surface area contributed by atoms with Crippen LogP contribution in [0.5, 0.6) is 0 Å². The van der Waals surface area contributed by atoms with E-state index >= 15 is 0 Å². The van der Waals surface area contributed by atoms with E-state index in [1.807, 2.05) is 54.6 Å². The summed E-state index contributed by atoms with van der Waals surface area (Å²) in [5.74, 6) is 0.673. The summed E-state index contributed by atoms with van der Waals surface area (Å²) in [6, 6.07) is 102. The number of H-pyrrole nitrogens is 1. The molecule has 0 unspecified atom stereocenters. The Labute approximate surface area is 514 Å². The Hall–Kier alpha value is -11.4. The molecule has 1 N–H and O–H groups in total. The van der Waals surface area contributed by atoms with Gasteiger partial charge in [-0.05, 0) is 115 Å². The number of aromatic amines is 1. The van der Waals surface area contributed by atoms with Crippen LogP contribution in [0.4, 0.5) is 0 Å². The Morgan fingerprint density at radius 2 is 0.761 bits per heavy atom. The van der Waals surface area contributed by atoms with Crippen LogP contribution in [0.3, 0.4) is 0 Å². The second-order valence-corrected chi connectivity index (χ2v) is 22.1. The molecule has 0 saturated heterocycles. The minimum Gasteiger partial charge on any atom is -0.358 e. The molecular formula is C81H53ClN6. The van der Waals surface area contributed by atoms with Crippen LogP contribution in [-0.2, 0) is 0 Å². The molecule has 13 aromatic carbocycles. The summed E-state index contributed by atoms with van der Waals surface area (Å²) in [6.07, 6.45) is 5.43. The van der Waals surface area contributed by atoms with Crippen LogP contribution in [0.25, 0.3) is 155 Å². The SMILES string of the molecule is Clc1nc(-c2ccc(-c3ccccc3)cc2)c2ccccc2n1.[C+]1=Cc2[nH]c3ccc4ccccc4c3c2-c2ccccc21.[CH3-].c1ccc(-c2ccc(-c3nc(-n4c5ccc6ccccc6c5c5c6ccccc6ccc54)nc4ccccc34)cc2)cc1. The smallest absolute Gasteiger partial charge is 0.235 e. The van der Waals surface area contributed by atoms with Crippen molar-refractivity contribution >= 4 is 105 Å². The van der Waals surface area contributed by atoms with Crippen molar-refractivity contribution in [2.45, 2.75) is 0 Å². The summed E-state index contributed by atoms with van der Waals surface area (Å²) in [7, 11) is 0. The Kier molecular flexibility index (Phi) is 13.7. The second-order valence-electron chi connectivity index (χ2n) is 21.8. The highest BCUT2D eigenvalue weighted by molar-refractivity contribution is 6.29. The van der Waals surface area contributed by atoms with Crippen molar-refractivity contribution < 1.29 is 0 Å². The van der Waals surface area contributed by atoms with E-state index in [9.17, 15) is 0 Å². The summed E-state index contributed by atoms with van der Waals surface area (Å²) < 4.78 is 2.25. The molecule has 17 aromatic rings. The third kappa shape index (κ3) is 9.47. The Morgan fingerprint density at radius 3 is 1.32 bits per heavy atom. The molecule has 6 nitrogen and oxygen atoms in total. The molecule has 1 aliphatic carbocycles. The van der Waals surface area contributed by atoms with Crippen LogP contribution in [0.1, 0.15) is 11.3 Å². The topological polar surface area (TPSA) is 72.3 Å². The van der Waals surface area contributed by atoms with E-state index in [1.165, 1.54) is 92.9 Å². The lowest BCUT2D eigenvalue weighted by Crippen LogP contribution is -2.03. The van der Waals surface area contributed by atoms with Gasteiger partial charge in [-0.1, -0.05) is 237 Å². The molecule has 4 heterocycles. The minimum atomic E-state index is 0. The summed E-state index contributed by atoms with van der Waals surface area (Å²) in [5.41, 5.74) is 18.7. The second kappa shape index (κ2) is 22.5. The molecule has 1 aliphatic rings. The minimum absolute atomic E-state index is 0. The highest BCUT2D eigenvalue weighted by Gasteiger charge is 2.26. The highest BCUT2D eigenvalue weighted by Crippen LogP contribution is 2.43. The Bertz CT molecular complexity index is 5420. The molecule has 414 valence electrons. The van der Waals surface area contributed by atoms with Gasteiger partial charge >= 0.3 is 0 Å². The van der Waals surface area contributed by atoms with E-state index in [4.69, 9.17) is 21.6 Å². The fraction of sp³-hybridized carbons (Fsp3) is 0. The number of nitrogens with zero attached hydrogens (tertiary/aromatic N) is 5. The van der Waals surface area contributed by atoms with Crippen molar-refractivity contribution in [3.8, 4) is 61.8 Å². The maximum absolute atomic E-state index is 6.08. The molecule has 4 aromatic heterocycles. The van der Waals surface area contributed by atoms with Crippen molar-refractivity contribution in [1.82, 2.24) is 29.5 Å². The first kappa shape index (κ1) is 53.3. The Balaban J connectivity index is 0.000000122. The lowest BCUT2D eigenvalue weighted by Gasteiger charge is -2.12. The zero-order valence-electron chi connectivity index (χ0n) is 47.9. The first-order chi connectivity index (χ1) is 43.1. The van der Waals surface area contributed by atoms with E-state index in [-0.39, 0.29) is 12.7 Å². The van der Waals surface area contributed by atoms with Crippen LogP contribution >= 0.6 is 11.6 Å². The molecule has 0 atom stereocenters. The van der Waals surface area contributed by atoms with E-state index in [1.54, 1.807) is 0 Å². The van der Waals surface area contributed by atoms with Gasteiger partial charge in [0.25, 0.3) is 0 Å². The Morgan fingerprint density at radius 1 is 0.341 bits per heavy atom. The van der Waals surface area contributed by atoms with Gasteiger partial charge in [0, 0.05) is 50.2 Å². The fourth-order valence-electron chi connectivity index (χ4n) is 12.7. The van der Waals surface area contributed by atoms with Gasteiger partial charge in [0.05, 0.1) is 50.6 Å². The fourth-order valence-corrected chi connectivity index (χ4v) is 12.8. The number of hydrogen-bond donors (Lipinski definition) is 1. The predicted molar refractivity (Wildman–Crippen MR) is 370 cm³/mol. The van der Waals surface area contributed by atoms with Crippen LogP contribution < -0.4 is 0 Å². The molecular weight excluding hydrogens is 1090 g/mol. The average molecular weight is 1150 g/mol. The van der Waals surface area contributed by atoms with Crippen molar-refractivity contribution in [3.63, 3.8) is 0 Å². The molecule has 0 spiro atoms. The third-order valence-corrected chi connectivity index (χ3v) is 16.9. The van der Waals surface area contributed by atoms with Crippen molar-refractivity contribution in [2.24, 2.45) is 0 Å². The lowest BCUT2D eigenvalue weighted by atomic mass is 9.91. The first-order valence-electron chi connectivity index (χ1n) is 29.1. The van der Waals surface area contributed by atoms with Gasteiger partial charge < -0.3 is 12.4 Å². The standard InChI is InChI=1S/C40H25N3.C20H13ClN2.C20H12N.CH3/c1-2-10-26(11-3-1)27-18-20-30(21-19-27)39-33-16-8-9-17-34(33)41-40(42-39)43-35-24-22-28-12-4-6-14-31(28)37(35)38-32-15-7-5-13-29(32)23-25-36(38)43;21-20-22-18-9-5-4-8-17(18)19(23-20)16-12-10-15(11-13-16)14-6-2-1-3-7-14;1-3-7-15-13(5-1)9-11-17-19(15)20-16-8-4-2-6-14(16)10-12-18(20)21-17;/h1-25H;1-13H;1-9,11-12,21H;1H3/q;;+1;-1. The summed E-state index contributed by atoms with van der Waals surface area (Å²) in [4.78, 5) is 22.8. The zero-order chi connectivity index (χ0) is 57.8. The number of benzene rings is 13. The number of rotatable bonds is 5. The van der Waals surface area contributed by atoms with Crippen molar-refractivity contribution in [2.75, 3.05) is 0 Å². The van der Waals surface area contributed by atoms with Gasteiger partial charge in [-0.2, -0.15) is 0 Å². The molecule has 0 amide bonds. The van der Waals surface area contributed by atoms with Gasteiger partial charge in [0.2, 0.25) is 11.2 Å². The van der Waals surface area contributed by atoms with Gasteiger partial charge in [-0.15, -0.1) is 0 Å².